The van der Waals surface area contributed by atoms with Crippen LogP contribution in [0.5, 0.6) is 5.75 Å². The Morgan fingerprint density at radius 1 is 1.08 bits per heavy atom. The van der Waals surface area contributed by atoms with Gasteiger partial charge in [-0.2, -0.15) is 0 Å². The van der Waals surface area contributed by atoms with Crippen LogP contribution in [-0.4, -0.2) is 67.2 Å². The summed E-state index contributed by atoms with van der Waals surface area (Å²) in [4.78, 5) is 29.9. The molecule has 2 saturated heterocycles. The van der Waals surface area contributed by atoms with Gasteiger partial charge in [0.1, 0.15) is 30.7 Å². The van der Waals surface area contributed by atoms with E-state index in [0.29, 0.717) is 12.1 Å². The zero-order valence-electron chi connectivity index (χ0n) is 22.9. The number of benzene rings is 2. The summed E-state index contributed by atoms with van der Waals surface area (Å²) in [5, 5.41) is 11.5. The molecule has 0 aliphatic carbocycles. The molecule has 38 heavy (non-hydrogen) atoms. The van der Waals surface area contributed by atoms with Gasteiger partial charge in [0.25, 0.3) is 11.7 Å². The van der Waals surface area contributed by atoms with Crippen LogP contribution < -0.4 is 9.64 Å². The lowest BCUT2D eigenvalue weighted by Gasteiger charge is -2.28. The number of ketones is 1. The molecule has 2 N–H and O–H groups in total. The maximum absolute atomic E-state index is 13.4. The van der Waals surface area contributed by atoms with Gasteiger partial charge in [0.05, 0.1) is 31.4 Å². The Kier molecular flexibility index (Phi) is 7.34. The summed E-state index contributed by atoms with van der Waals surface area (Å²) in [6.45, 7) is 13.2. The fraction of sp³-hybridized carbons (Fsp3) is 0.484. The van der Waals surface area contributed by atoms with E-state index in [1.165, 1.54) is 10.5 Å². The van der Waals surface area contributed by atoms with Gasteiger partial charge in [-0.1, -0.05) is 45.0 Å². The van der Waals surface area contributed by atoms with E-state index in [0.717, 1.165) is 62.6 Å². The van der Waals surface area contributed by atoms with Crippen molar-refractivity contribution in [3.63, 3.8) is 0 Å². The summed E-state index contributed by atoms with van der Waals surface area (Å²) >= 11 is 0. The fourth-order valence-electron chi connectivity index (χ4n) is 5.76. The molecule has 0 spiro atoms. The van der Waals surface area contributed by atoms with E-state index in [2.05, 4.69) is 32.9 Å². The van der Waals surface area contributed by atoms with E-state index < -0.39 is 17.7 Å². The number of nitrogens with one attached hydrogen (secondary N) is 1. The predicted molar refractivity (Wildman–Crippen MR) is 145 cm³/mol. The van der Waals surface area contributed by atoms with Gasteiger partial charge in [0.15, 0.2) is 0 Å². The standard InChI is InChI=1S/C31H38N2O5/c1-20-18-23-19-22(8-11-25(23)38-20)28(34)26-27(21-6-9-24(10-7-21)31(2,3)4)33(30(36)29(26)35)13-5-12-32-14-16-37-17-15-32/h6-11,19-20,27,34H,5,12-18H2,1-4H3/p+1/t20-,27-/m0/s1. The lowest BCUT2D eigenvalue weighted by molar-refractivity contribution is -0.908. The van der Waals surface area contributed by atoms with Crippen molar-refractivity contribution in [1.29, 1.82) is 0 Å². The molecule has 2 atom stereocenters. The Hall–Kier alpha value is -3.16. The van der Waals surface area contributed by atoms with E-state index >= 15 is 0 Å². The first kappa shape index (κ1) is 26.4. The normalized spacial score (nSPS) is 23.5. The van der Waals surface area contributed by atoms with Crippen molar-refractivity contribution in [3.05, 3.63) is 70.3 Å². The number of rotatable bonds is 6. The van der Waals surface area contributed by atoms with Gasteiger partial charge >= 0.3 is 0 Å². The Morgan fingerprint density at radius 2 is 1.79 bits per heavy atom. The number of morpholine rings is 1. The number of quaternary nitrogens is 1. The highest BCUT2D eigenvalue weighted by Crippen LogP contribution is 2.41. The van der Waals surface area contributed by atoms with Crippen molar-refractivity contribution in [2.75, 3.05) is 39.4 Å². The second kappa shape index (κ2) is 10.5. The van der Waals surface area contributed by atoms with Gasteiger partial charge in [-0.15, -0.1) is 0 Å². The fourth-order valence-corrected chi connectivity index (χ4v) is 5.76. The Morgan fingerprint density at radius 3 is 2.47 bits per heavy atom. The van der Waals surface area contributed by atoms with Gasteiger partial charge in [-0.3, -0.25) is 9.59 Å². The molecule has 3 aliphatic heterocycles. The van der Waals surface area contributed by atoms with E-state index in [1.54, 1.807) is 11.0 Å². The highest BCUT2D eigenvalue weighted by atomic mass is 16.5. The molecule has 7 nitrogen and oxygen atoms in total. The lowest BCUT2D eigenvalue weighted by atomic mass is 9.85. The Labute approximate surface area is 225 Å². The average Bonchev–Trinajstić information content (AvgIpc) is 3.39. The molecule has 202 valence electrons. The molecule has 5 rings (SSSR count). The topological polar surface area (TPSA) is 80.5 Å². The van der Waals surface area contributed by atoms with Crippen molar-refractivity contribution < 1.29 is 29.1 Å². The molecule has 0 bridgehead atoms. The monoisotopic (exact) mass is 519 g/mol. The van der Waals surface area contributed by atoms with Crippen molar-refractivity contribution in [2.24, 2.45) is 0 Å². The summed E-state index contributed by atoms with van der Waals surface area (Å²) in [5.74, 6) is -0.505. The number of likely N-dealkylation sites (tertiary alicyclic amines) is 1. The number of aliphatic hydroxyl groups is 1. The van der Waals surface area contributed by atoms with Crippen LogP contribution in [0.15, 0.2) is 48.0 Å². The van der Waals surface area contributed by atoms with Gasteiger partial charge in [-0.25, -0.2) is 0 Å². The number of hydrogen-bond acceptors (Lipinski definition) is 5. The minimum Gasteiger partial charge on any atom is -0.507 e. The van der Waals surface area contributed by atoms with Crippen molar-refractivity contribution in [1.82, 2.24) is 4.90 Å². The number of Topliss-reactive ketones (excluding diaryl/α,β-unsaturated/α-hetero) is 1. The highest BCUT2D eigenvalue weighted by Gasteiger charge is 2.46. The molecule has 2 fully saturated rings. The second-order valence-electron chi connectivity index (χ2n) is 11.8. The molecular formula is C31H39N2O5+. The lowest BCUT2D eigenvalue weighted by Crippen LogP contribution is -3.14. The summed E-state index contributed by atoms with van der Waals surface area (Å²) in [5.41, 5.74) is 3.66. The molecule has 7 heteroatoms. The SMILES string of the molecule is C[C@H]1Cc2cc(C(O)=C3C(=O)C(=O)N(CCC[NH+]4CCOCC4)[C@H]3c3ccc(C(C)(C)C)cc3)ccc2O1. The number of amides is 1. The molecular weight excluding hydrogens is 480 g/mol. The van der Waals surface area contributed by atoms with Gasteiger partial charge in [0.2, 0.25) is 0 Å². The minimum atomic E-state index is -0.632. The van der Waals surface area contributed by atoms with Crippen LogP contribution in [0.25, 0.3) is 5.76 Å². The van der Waals surface area contributed by atoms with E-state index in [-0.39, 0.29) is 22.9 Å². The zero-order chi connectivity index (χ0) is 27.0. The maximum Gasteiger partial charge on any atom is 0.295 e. The largest absolute Gasteiger partial charge is 0.507 e. The summed E-state index contributed by atoms with van der Waals surface area (Å²) in [6, 6.07) is 12.9. The average molecular weight is 520 g/mol. The molecule has 0 aromatic heterocycles. The Bertz CT molecular complexity index is 1240. The number of carbonyl (C=O) groups is 2. The third-order valence-electron chi connectivity index (χ3n) is 7.93. The number of ether oxygens (including phenoxy) is 2. The maximum atomic E-state index is 13.4. The number of nitrogens with zero attached hydrogens (tertiary/aromatic N) is 1. The highest BCUT2D eigenvalue weighted by molar-refractivity contribution is 6.46. The molecule has 1 amide bonds. The number of aliphatic hydroxyl groups excluding tert-OH is 1. The van der Waals surface area contributed by atoms with Crippen LogP contribution in [0, 0.1) is 0 Å². The summed E-state index contributed by atoms with van der Waals surface area (Å²) < 4.78 is 11.3. The van der Waals surface area contributed by atoms with E-state index in [4.69, 9.17) is 9.47 Å². The predicted octanol–water partition coefficient (Wildman–Crippen LogP) is 3.03. The van der Waals surface area contributed by atoms with E-state index in [1.807, 2.05) is 31.2 Å². The molecule has 0 saturated carbocycles. The van der Waals surface area contributed by atoms with Crippen LogP contribution in [0.2, 0.25) is 0 Å². The van der Waals surface area contributed by atoms with Crippen molar-refractivity contribution in [2.45, 2.75) is 58.1 Å². The van der Waals surface area contributed by atoms with Crippen LogP contribution in [0.1, 0.15) is 62.4 Å². The van der Waals surface area contributed by atoms with Gasteiger partial charge in [0, 0.05) is 24.9 Å². The minimum absolute atomic E-state index is 0.0229. The quantitative estimate of drug-likeness (QED) is 0.349. The third kappa shape index (κ3) is 5.22. The number of carbonyl (C=O) groups excluding carboxylic acids is 2. The van der Waals surface area contributed by atoms with Gasteiger partial charge in [-0.05, 0) is 47.2 Å². The second-order valence-corrected chi connectivity index (χ2v) is 11.8. The number of fused-ring (bicyclic) bond motifs is 1. The molecule has 0 unspecified atom stereocenters. The first-order chi connectivity index (χ1) is 18.1. The smallest absolute Gasteiger partial charge is 0.295 e. The van der Waals surface area contributed by atoms with Crippen molar-refractivity contribution >= 4 is 17.4 Å². The summed E-state index contributed by atoms with van der Waals surface area (Å²) in [6.07, 6.45) is 1.59. The molecule has 2 aromatic rings. The number of hydrogen-bond donors (Lipinski definition) is 2. The van der Waals surface area contributed by atoms with E-state index in [9.17, 15) is 14.7 Å². The van der Waals surface area contributed by atoms with Crippen molar-refractivity contribution in [3.8, 4) is 5.75 Å². The third-order valence-corrected chi connectivity index (χ3v) is 7.93. The molecule has 2 aromatic carbocycles. The molecule has 3 aliphatic rings. The van der Waals surface area contributed by atoms with Gasteiger partial charge < -0.3 is 24.4 Å². The Balaban J connectivity index is 1.50. The summed E-state index contributed by atoms with van der Waals surface area (Å²) in [7, 11) is 0. The van der Waals surface area contributed by atoms with Crippen LogP contribution in [-0.2, 0) is 26.2 Å². The molecule has 0 radical (unpaired) electrons. The molecule has 3 heterocycles. The van der Waals surface area contributed by atoms with Crippen LogP contribution >= 0.6 is 0 Å². The zero-order valence-corrected chi connectivity index (χ0v) is 22.9. The van der Waals surface area contributed by atoms with Crippen LogP contribution in [0.4, 0.5) is 0 Å². The first-order valence-corrected chi connectivity index (χ1v) is 13.7. The first-order valence-electron chi connectivity index (χ1n) is 13.7. The van der Waals surface area contributed by atoms with Crippen LogP contribution in [0.3, 0.4) is 0 Å².